The van der Waals surface area contributed by atoms with Crippen LogP contribution < -0.4 is 5.84 Å². The van der Waals surface area contributed by atoms with E-state index in [1.807, 2.05) is 25.1 Å². The van der Waals surface area contributed by atoms with Crippen LogP contribution in [0.15, 0.2) is 58.7 Å². The summed E-state index contributed by atoms with van der Waals surface area (Å²) in [6, 6.07) is 14.5. The van der Waals surface area contributed by atoms with E-state index >= 15 is 0 Å². The Kier molecular flexibility index (Phi) is 3.72. The first-order valence-electron chi connectivity index (χ1n) is 6.99. The second kappa shape index (κ2) is 5.84. The van der Waals surface area contributed by atoms with Gasteiger partial charge in [0.15, 0.2) is 5.84 Å². The van der Waals surface area contributed by atoms with Gasteiger partial charge < -0.3 is 10.9 Å². The number of fused-ring (bicyclic) bond motifs is 1. The molecule has 0 bridgehead atoms. The predicted octanol–water partition coefficient (Wildman–Crippen LogP) is 3.57. The highest BCUT2D eigenvalue weighted by Crippen LogP contribution is 2.27. The lowest BCUT2D eigenvalue weighted by Crippen LogP contribution is -2.00. The van der Waals surface area contributed by atoms with Gasteiger partial charge in [-0.2, -0.15) is 5.10 Å². The quantitative estimate of drug-likeness (QED) is 0.221. The van der Waals surface area contributed by atoms with Crippen LogP contribution in [-0.2, 0) is 0 Å². The monoisotopic (exact) mass is 305 g/mol. The fourth-order valence-corrected chi connectivity index (χ4v) is 2.51. The van der Waals surface area contributed by atoms with Gasteiger partial charge in [0.05, 0.1) is 11.2 Å². The Labute approximate surface area is 132 Å². The predicted molar refractivity (Wildman–Crippen MR) is 89.5 cm³/mol. The SMILES string of the molecule is Cc1cc2cc(O)ccc2nc1-c1ccc(C(N=N)=NN)cc1. The minimum atomic E-state index is 0.176. The van der Waals surface area contributed by atoms with E-state index in [2.05, 4.69) is 15.2 Å². The highest BCUT2D eigenvalue weighted by atomic mass is 16.3. The minimum Gasteiger partial charge on any atom is -0.508 e. The number of hydrazone groups is 1. The zero-order valence-electron chi connectivity index (χ0n) is 12.5. The molecule has 0 saturated heterocycles. The van der Waals surface area contributed by atoms with E-state index < -0.39 is 0 Å². The molecule has 0 saturated carbocycles. The molecule has 0 unspecified atom stereocenters. The molecule has 0 radical (unpaired) electrons. The third-order valence-corrected chi connectivity index (χ3v) is 3.63. The van der Waals surface area contributed by atoms with Gasteiger partial charge in [-0.15, -0.1) is 5.11 Å². The first-order chi connectivity index (χ1) is 11.1. The van der Waals surface area contributed by atoms with Gasteiger partial charge in [0.1, 0.15) is 5.75 Å². The van der Waals surface area contributed by atoms with Crippen molar-refractivity contribution in [2.24, 2.45) is 16.1 Å². The third-order valence-electron chi connectivity index (χ3n) is 3.63. The van der Waals surface area contributed by atoms with Crippen LogP contribution in [0.25, 0.3) is 22.2 Å². The topological polar surface area (TPSA) is 108 Å². The van der Waals surface area contributed by atoms with Gasteiger partial charge in [-0.05, 0) is 36.8 Å². The summed E-state index contributed by atoms with van der Waals surface area (Å²) in [7, 11) is 0. The molecule has 1 heterocycles. The summed E-state index contributed by atoms with van der Waals surface area (Å²) in [6.45, 7) is 1.98. The molecule has 0 aliphatic heterocycles. The van der Waals surface area contributed by atoms with Gasteiger partial charge in [0, 0.05) is 16.5 Å². The van der Waals surface area contributed by atoms with Crippen LogP contribution in [-0.4, -0.2) is 15.9 Å². The Morgan fingerprint density at radius 3 is 2.52 bits per heavy atom. The number of benzene rings is 2. The van der Waals surface area contributed by atoms with E-state index in [1.54, 1.807) is 30.3 Å². The molecule has 3 rings (SSSR count). The average molecular weight is 305 g/mol. The Hall–Kier alpha value is -3.28. The molecule has 0 aliphatic rings. The van der Waals surface area contributed by atoms with Crippen molar-refractivity contribution in [3.63, 3.8) is 0 Å². The number of hydrogen-bond acceptors (Lipinski definition) is 5. The minimum absolute atomic E-state index is 0.176. The van der Waals surface area contributed by atoms with Gasteiger partial charge >= 0.3 is 0 Å². The largest absolute Gasteiger partial charge is 0.508 e. The molecular weight excluding hydrogens is 290 g/mol. The number of amidine groups is 1. The van der Waals surface area contributed by atoms with Crippen LogP contribution in [0.3, 0.4) is 0 Å². The number of nitrogens with two attached hydrogens (primary N) is 1. The summed E-state index contributed by atoms with van der Waals surface area (Å²) in [4.78, 5) is 4.67. The molecule has 0 amide bonds. The van der Waals surface area contributed by atoms with Crippen LogP contribution in [0.4, 0.5) is 0 Å². The zero-order valence-corrected chi connectivity index (χ0v) is 12.5. The van der Waals surface area contributed by atoms with Crippen LogP contribution >= 0.6 is 0 Å². The van der Waals surface area contributed by atoms with Gasteiger partial charge in [-0.1, -0.05) is 24.3 Å². The van der Waals surface area contributed by atoms with Crippen molar-refractivity contribution >= 4 is 16.7 Å². The Morgan fingerprint density at radius 2 is 1.87 bits per heavy atom. The van der Waals surface area contributed by atoms with Gasteiger partial charge in [-0.25, -0.2) is 10.5 Å². The lowest BCUT2D eigenvalue weighted by atomic mass is 10.0. The van der Waals surface area contributed by atoms with Crippen LogP contribution in [0.5, 0.6) is 5.75 Å². The Balaban J connectivity index is 2.07. The number of hydrogen-bond donors (Lipinski definition) is 3. The van der Waals surface area contributed by atoms with E-state index in [-0.39, 0.29) is 11.6 Å². The maximum Gasteiger partial charge on any atom is 0.199 e. The number of nitrogens with zero attached hydrogens (tertiary/aromatic N) is 3. The maximum atomic E-state index is 9.56. The highest BCUT2D eigenvalue weighted by molar-refractivity contribution is 5.99. The molecule has 0 spiro atoms. The Bertz CT molecular complexity index is 916. The van der Waals surface area contributed by atoms with Crippen molar-refractivity contribution in [1.82, 2.24) is 4.98 Å². The number of aromatic hydroxyl groups is 1. The lowest BCUT2D eigenvalue weighted by molar-refractivity contribution is 0.476. The van der Waals surface area contributed by atoms with E-state index in [0.717, 1.165) is 27.7 Å². The number of aromatic nitrogens is 1. The van der Waals surface area contributed by atoms with Crippen molar-refractivity contribution in [3.8, 4) is 17.0 Å². The van der Waals surface area contributed by atoms with Crippen LogP contribution in [0, 0.1) is 12.5 Å². The van der Waals surface area contributed by atoms with Crippen molar-refractivity contribution in [2.75, 3.05) is 0 Å². The van der Waals surface area contributed by atoms with E-state index in [4.69, 9.17) is 11.4 Å². The molecule has 1 aromatic heterocycles. The lowest BCUT2D eigenvalue weighted by Gasteiger charge is -2.08. The van der Waals surface area contributed by atoms with Gasteiger partial charge in [0.25, 0.3) is 0 Å². The molecule has 114 valence electrons. The highest BCUT2D eigenvalue weighted by Gasteiger charge is 2.08. The molecule has 4 N–H and O–H groups in total. The fourth-order valence-electron chi connectivity index (χ4n) is 2.51. The van der Waals surface area contributed by atoms with Crippen molar-refractivity contribution in [3.05, 3.63) is 59.7 Å². The molecule has 2 aromatic carbocycles. The van der Waals surface area contributed by atoms with Crippen LogP contribution in [0.1, 0.15) is 11.1 Å². The number of phenols is 1. The van der Waals surface area contributed by atoms with E-state index in [0.29, 0.717) is 5.56 Å². The molecule has 6 nitrogen and oxygen atoms in total. The number of pyridine rings is 1. The van der Waals surface area contributed by atoms with E-state index in [9.17, 15) is 5.11 Å². The zero-order chi connectivity index (χ0) is 16.4. The first-order valence-corrected chi connectivity index (χ1v) is 6.99. The van der Waals surface area contributed by atoms with Gasteiger partial charge in [-0.3, -0.25) is 0 Å². The number of phenolic OH excluding ortho intramolecular Hbond substituents is 1. The second-order valence-electron chi connectivity index (χ2n) is 5.17. The third kappa shape index (κ3) is 2.74. The molecule has 3 aromatic rings. The second-order valence-corrected chi connectivity index (χ2v) is 5.17. The maximum absolute atomic E-state index is 9.56. The standard InChI is InChI=1S/C17H15N5O/c1-10-8-13-9-14(23)6-7-15(13)20-16(10)11-2-4-12(5-3-11)17(21-18)22-19/h2-9,18,23H,19H2,1H3. The average Bonchev–Trinajstić information content (AvgIpc) is 2.56. The summed E-state index contributed by atoms with van der Waals surface area (Å²) < 4.78 is 0. The molecule has 0 atom stereocenters. The van der Waals surface area contributed by atoms with Gasteiger partial charge in [0.2, 0.25) is 0 Å². The number of nitrogens with one attached hydrogen (secondary N) is 1. The normalized spacial score (nSPS) is 11.6. The Morgan fingerprint density at radius 1 is 1.13 bits per heavy atom. The molecule has 0 fully saturated rings. The summed E-state index contributed by atoms with van der Waals surface area (Å²) in [5.41, 5.74) is 11.4. The summed E-state index contributed by atoms with van der Waals surface area (Å²) in [5.74, 6) is 5.61. The van der Waals surface area contributed by atoms with E-state index in [1.165, 1.54) is 0 Å². The first kappa shape index (κ1) is 14.6. The molecule has 6 heteroatoms. The van der Waals surface area contributed by atoms with Crippen molar-refractivity contribution in [1.29, 1.82) is 5.53 Å². The summed E-state index contributed by atoms with van der Waals surface area (Å²) >= 11 is 0. The van der Waals surface area contributed by atoms with Crippen molar-refractivity contribution < 1.29 is 5.11 Å². The summed E-state index contributed by atoms with van der Waals surface area (Å²) in [6.07, 6.45) is 0. The molecular formula is C17H15N5O. The number of rotatable bonds is 2. The molecule has 23 heavy (non-hydrogen) atoms. The number of aryl methyl sites for hydroxylation is 1. The fraction of sp³-hybridized carbons (Fsp3) is 0.0588. The summed E-state index contributed by atoms with van der Waals surface area (Å²) in [5, 5.41) is 17.2. The molecule has 0 aliphatic carbocycles. The van der Waals surface area contributed by atoms with Crippen molar-refractivity contribution in [2.45, 2.75) is 6.92 Å². The van der Waals surface area contributed by atoms with Crippen LogP contribution in [0.2, 0.25) is 0 Å². The smallest absolute Gasteiger partial charge is 0.199 e.